The number of benzene rings is 1. The van der Waals surface area contributed by atoms with Crippen LogP contribution in [0.3, 0.4) is 0 Å². The highest BCUT2D eigenvalue weighted by atomic mass is 79.9. The molecule has 0 saturated carbocycles. The molecule has 0 spiro atoms. The van der Waals surface area contributed by atoms with Crippen molar-refractivity contribution in [3.8, 4) is 0 Å². The molecule has 0 radical (unpaired) electrons. The normalized spacial score (nSPS) is 10.9. The average Bonchev–Trinajstić information content (AvgIpc) is 2.42. The van der Waals surface area contributed by atoms with Crippen molar-refractivity contribution in [3.63, 3.8) is 0 Å². The maximum atomic E-state index is 12.2. The van der Waals surface area contributed by atoms with Crippen molar-refractivity contribution >= 4 is 21.7 Å². The van der Waals surface area contributed by atoms with E-state index in [1.54, 1.807) is 0 Å². The van der Waals surface area contributed by atoms with Crippen LogP contribution in [-0.4, -0.2) is 30.3 Å². The first-order valence-electron chi connectivity index (χ1n) is 7.18. The van der Waals surface area contributed by atoms with Gasteiger partial charge in [0.1, 0.15) is 0 Å². The standard InChI is InChI=1S/C16H24BrNO/c1-3-5-11-18(12-6-4-2)13-16(19)14-7-9-15(17)10-8-14/h7-10H,3-6,11-13H2,1-2H3. The molecule has 0 saturated heterocycles. The molecule has 0 unspecified atom stereocenters. The van der Waals surface area contributed by atoms with Gasteiger partial charge in [0.2, 0.25) is 0 Å². The van der Waals surface area contributed by atoms with E-state index >= 15 is 0 Å². The Kier molecular flexibility index (Phi) is 7.99. The quantitative estimate of drug-likeness (QED) is 0.621. The van der Waals surface area contributed by atoms with Crippen molar-refractivity contribution in [1.82, 2.24) is 4.90 Å². The second kappa shape index (κ2) is 9.27. The number of halogens is 1. The molecule has 0 aliphatic heterocycles. The van der Waals surface area contributed by atoms with Crippen LogP contribution in [0.15, 0.2) is 28.7 Å². The highest BCUT2D eigenvalue weighted by molar-refractivity contribution is 9.10. The van der Waals surface area contributed by atoms with Gasteiger partial charge in [0.25, 0.3) is 0 Å². The van der Waals surface area contributed by atoms with Gasteiger partial charge in [0.05, 0.1) is 6.54 Å². The van der Waals surface area contributed by atoms with E-state index in [1.807, 2.05) is 24.3 Å². The van der Waals surface area contributed by atoms with E-state index in [0.29, 0.717) is 6.54 Å². The fourth-order valence-electron chi connectivity index (χ4n) is 1.96. The maximum absolute atomic E-state index is 12.2. The molecule has 0 aromatic heterocycles. The first-order valence-corrected chi connectivity index (χ1v) is 7.97. The molecule has 19 heavy (non-hydrogen) atoms. The monoisotopic (exact) mass is 325 g/mol. The summed E-state index contributed by atoms with van der Waals surface area (Å²) in [6.45, 7) is 6.97. The lowest BCUT2D eigenvalue weighted by molar-refractivity contribution is 0.0928. The van der Waals surface area contributed by atoms with Gasteiger partial charge in [0, 0.05) is 10.0 Å². The smallest absolute Gasteiger partial charge is 0.176 e. The first kappa shape index (κ1) is 16.4. The predicted octanol–water partition coefficient (Wildman–Crippen LogP) is 4.53. The minimum Gasteiger partial charge on any atom is -0.296 e. The van der Waals surface area contributed by atoms with Gasteiger partial charge in [-0.1, -0.05) is 54.8 Å². The number of Topliss-reactive ketones (excluding diaryl/α,β-unsaturated/α-hetero) is 1. The van der Waals surface area contributed by atoms with Gasteiger partial charge in [-0.3, -0.25) is 9.69 Å². The van der Waals surface area contributed by atoms with Crippen LogP contribution in [0.1, 0.15) is 49.9 Å². The molecule has 106 valence electrons. The summed E-state index contributed by atoms with van der Waals surface area (Å²) in [7, 11) is 0. The SMILES string of the molecule is CCCCN(CCCC)CC(=O)c1ccc(Br)cc1. The van der Waals surface area contributed by atoms with Gasteiger partial charge in [-0.05, 0) is 38.1 Å². The molecule has 0 aliphatic rings. The lowest BCUT2D eigenvalue weighted by atomic mass is 10.1. The molecule has 1 rings (SSSR count). The lowest BCUT2D eigenvalue weighted by Crippen LogP contribution is -2.31. The Bertz CT molecular complexity index is 367. The molecule has 0 fully saturated rings. The summed E-state index contributed by atoms with van der Waals surface area (Å²) in [5.41, 5.74) is 0.807. The summed E-state index contributed by atoms with van der Waals surface area (Å²) in [4.78, 5) is 14.5. The summed E-state index contributed by atoms with van der Waals surface area (Å²) in [6.07, 6.45) is 4.68. The molecule has 0 heterocycles. The summed E-state index contributed by atoms with van der Waals surface area (Å²) >= 11 is 3.39. The molecule has 0 N–H and O–H groups in total. The molecular formula is C16H24BrNO. The van der Waals surface area contributed by atoms with Crippen molar-refractivity contribution < 1.29 is 4.79 Å². The molecule has 1 aromatic carbocycles. The first-order chi connectivity index (χ1) is 9.17. The third-order valence-electron chi connectivity index (χ3n) is 3.19. The summed E-state index contributed by atoms with van der Waals surface area (Å²) < 4.78 is 1.01. The Labute approximate surface area is 125 Å². The number of unbranched alkanes of at least 4 members (excludes halogenated alkanes) is 2. The zero-order valence-corrected chi connectivity index (χ0v) is 13.6. The van der Waals surface area contributed by atoms with Gasteiger partial charge in [-0.25, -0.2) is 0 Å². The molecule has 0 amide bonds. The molecular weight excluding hydrogens is 302 g/mol. The minimum atomic E-state index is 0.222. The van der Waals surface area contributed by atoms with Crippen LogP contribution < -0.4 is 0 Å². The molecule has 3 heteroatoms. The minimum absolute atomic E-state index is 0.222. The number of carbonyl (C=O) groups excluding carboxylic acids is 1. The van der Waals surface area contributed by atoms with Crippen LogP contribution in [0, 0.1) is 0 Å². The second-order valence-corrected chi connectivity index (χ2v) is 5.83. The molecule has 0 bridgehead atoms. The van der Waals surface area contributed by atoms with Crippen molar-refractivity contribution in [2.75, 3.05) is 19.6 Å². The number of ketones is 1. The number of hydrogen-bond donors (Lipinski definition) is 0. The van der Waals surface area contributed by atoms with E-state index in [4.69, 9.17) is 0 Å². The van der Waals surface area contributed by atoms with Crippen LogP contribution in [-0.2, 0) is 0 Å². The topological polar surface area (TPSA) is 20.3 Å². The maximum Gasteiger partial charge on any atom is 0.176 e. The molecule has 2 nitrogen and oxygen atoms in total. The van der Waals surface area contributed by atoms with Crippen molar-refractivity contribution in [3.05, 3.63) is 34.3 Å². The van der Waals surface area contributed by atoms with E-state index in [-0.39, 0.29) is 5.78 Å². The van der Waals surface area contributed by atoms with Crippen LogP contribution in [0.5, 0.6) is 0 Å². The van der Waals surface area contributed by atoms with E-state index < -0.39 is 0 Å². The fourth-order valence-corrected chi connectivity index (χ4v) is 2.23. The summed E-state index contributed by atoms with van der Waals surface area (Å²) in [5.74, 6) is 0.222. The lowest BCUT2D eigenvalue weighted by Gasteiger charge is -2.21. The number of nitrogens with zero attached hydrogens (tertiary/aromatic N) is 1. The molecule has 0 aliphatic carbocycles. The summed E-state index contributed by atoms with van der Waals surface area (Å²) in [6, 6.07) is 7.64. The number of carbonyl (C=O) groups is 1. The molecule has 1 aromatic rings. The van der Waals surface area contributed by atoms with Crippen LogP contribution in [0.4, 0.5) is 0 Å². The highest BCUT2D eigenvalue weighted by Gasteiger charge is 2.11. The number of rotatable bonds is 9. The third-order valence-corrected chi connectivity index (χ3v) is 3.72. The van der Waals surface area contributed by atoms with Gasteiger partial charge >= 0.3 is 0 Å². The Hall–Kier alpha value is -0.670. The Balaban J connectivity index is 2.56. The van der Waals surface area contributed by atoms with Crippen molar-refractivity contribution in [2.45, 2.75) is 39.5 Å². The second-order valence-electron chi connectivity index (χ2n) is 4.91. The van der Waals surface area contributed by atoms with Gasteiger partial charge in [-0.2, -0.15) is 0 Å². The van der Waals surface area contributed by atoms with Gasteiger partial charge in [0.15, 0.2) is 5.78 Å². The van der Waals surface area contributed by atoms with Crippen LogP contribution >= 0.6 is 15.9 Å². The Morgan fingerprint density at radius 1 is 1.05 bits per heavy atom. The van der Waals surface area contributed by atoms with E-state index in [1.165, 1.54) is 12.8 Å². The average molecular weight is 326 g/mol. The Morgan fingerprint density at radius 2 is 1.58 bits per heavy atom. The van der Waals surface area contributed by atoms with Crippen LogP contribution in [0.25, 0.3) is 0 Å². The number of hydrogen-bond acceptors (Lipinski definition) is 2. The van der Waals surface area contributed by atoms with E-state index in [0.717, 1.165) is 36.0 Å². The van der Waals surface area contributed by atoms with Gasteiger partial charge < -0.3 is 0 Å². The summed E-state index contributed by atoms with van der Waals surface area (Å²) in [5, 5.41) is 0. The predicted molar refractivity (Wildman–Crippen MR) is 84.7 cm³/mol. The van der Waals surface area contributed by atoms with Gasteiger partial charge in [-0.15, -0.1) is 0 Å². The van der Waals surface area contributed by atoms with E-state index in [9.17, 15) is 4.79 Å². The van der Waals surface area contributed by atoms with Crippen LogP contribution in [0.2, 0.25) is 0 Å². The van der Waals surface area contributed by atoms with Crippen molar-refractivity contribution in [1.29, 1.82) is 0 Å². The zero-order valence-electron chi connectivity index (χ0n) is 12.0. The zero-order chi connectivity index (χ0) is 14.1. The van der Waals surface area contributed by atoms with E-state index in [2.05, 4.69) is 34.7 Å². The van der Waals surface area contributed by atoms with Crippen molar-refractivity contribution in [2.24, 2.45) is 0 Å². The fraction of sp³-hybridized carbons (Fsp3) is 0.562. The largest absolute Gasteiger partial charge is 0.296 e. The third kappa shape index (κ3) is 6.35. The molecule has 0 atom stereocenters. The highest BCUT2D eigenvalue weighted by Crippen LogP contribution is 2.11. The Morgan fingerprint density at radius 3 is 2.05 bits per heavy atom.